The molecule has 0 atom stereocenters. The van der Waals surface area contributed by atoms with E-state index in [0.29, 0.717) is 38.4 Å². The minimum absolute atomic E-state index is 0.00603. The summed E-state index contributed by atoms with van der Waals surface area (Å²) in [6.07, 6.45) is 6.06. The number of benzene rings is 1. The second kappa shape index (κ2) is 8.20. The van der Waals surface area contributed by atoms with E-state index in [1.807, 2.05) is 36.4 Å². The molecule has 28 heavy (non-hydrogen) atoms. The number of rotatable bonds is 5. The molecule has 0 unspecified atom stereocenters. The second-order valence-corrected chi connectivity index (χ2v) is 7.63. The molecular weight excluding hydrogens is 422 g/mol. The average Bonchev–Trinajstić information content (AvgIpc) is 3.28. The summed E-state index contributed by atoms with van der Waals surface area (Å²) in [6.45, 7) is 1.50. The largest absolute Gasteiger partial charge is 0.381 e. The highest BCUT2D eigenvalue weighted by Gasteiger charge is 2.41. The first kappa shape index (κ1) is 18.8. The Kier molecular flexibility index (Phi) is 5.50. The summed E-state index contributed by atoms with van der Waals surface area (Å²) in [5, 5.41) is 7.26. The highest BCUT2D eigenvalue weighted by Crippen LogP contribution is 2.36. The number of carbonyl (C=O) groups is 1. The summed E-state index contributed by atoms with van der Waals surface area (Å²) in [5.41, 5.74) is 1.30. The smallest absolute Gasteiger partial charge is 0.231 e. The van der Waals surface area contributed by atoms with Gasteiger partial charge in [-0.25, -0.2) is 14.6 Å². The summed E-state index contributed by atoms with van der Waals surface area (Å²) < 4.78 is 8.12. The molecule has 2 aromatic heterocycles. The molecular formula is C20H20BrN5O2. The van der Waals surface area contributed by atoms with Crippen LogP contribution in [-0.2, 0) is 21.5 Å². The van der Waals surface area contributed by atoms with Crippen molar-refractivity contribution in [2.75, 3.05) is 13.2 Å². The molecule has 7 nitrogen and oxygen atoms in total. The third kappa shape index (κ3) is 3.70. The molecule has 3 aromatic rings. The van der Waals surface area contributed by atoms with E-state index in [0.717, 1.165) is 15.6 Å². The Morgan fingerprint density at radius 3 is 2.71 bits per heavy atom. The van der Waals surface area contributed by atoms with E-state index in [1.165, 1.54) is 6.33 Å². The van der Waals surface area contributed by atoms with Gasteiger partial charge in [0.05, 0.1) is 5.41 Å². The Morgan fingerprint density at radius 2 is 2.00 bits per heavy atom. The fourth-order valence-electron chi connectivity index (χ4n) is 3.57. The Hall–Kier alpha value is -2.58. The maximum absolute atomic E-state index is 13.3. The van der Waals surface area contributed by atoms with Crippen molar-refractivity contribution < 1.29 is 9.53 Å². The van der Waals surface area contributed by atoms with Gasteiger partial charge in [-0.05, 0) is 36.6 Å². The number of ether oxygens (including phenoxy) is 1. The third-order valence-corrected chi connectivity index (χ3v) is 5.65. The van der Waals surface area contributed by atoms with Crippen LogP contribution in [0, 0.1) is 0 Å². The molecule has 1 amide bonds. The molecule has 1 fully saturated rings. The van der Waals surface area contributed by atoms with Crippen LogP contribution in [0.2, 0.25) is 0 Å². The molecule has 0 radical (unpaired) electrons. The summed E-state index contributed by atoms with van der Waals surface area (Å²) >= 11 is 3.47. The number of pyridine rings is 1. The average molecular weight is 442 g/mol. The summed E-state index contributed by atoms with van der Waals surface area (Å²) in [6, 6.07) is 11.8. The van der Waals surface area contributed by atoms with Crippen molar-refractivity contribution in [1.29, 1.82) is 0 Å². The molecule has 3 heterocycles. The molecule has 144 valence electrons. The molecule has 0 bridgehead atoms. The van der Waals surface area contributed by atoms with E-state index in [2.05, 4.69) is 36.3 Å². The van der Waals surface area contributed by atoms with E-state index in [4.69, 9.17) is 4.74 Å². The zero-order valence-corrected chi connectivity index (χ0v) is 16.8. The van der Waals surface area contributed by atoms with Crippen molar-refractivity contribution >= 4 is 21.8 Å². The molecule has 1 N–H and O–H groups in total. The minimum atomic E-state index is -0.589. The van der Waals surface area contributed by atoms with Gasteiger partial charge < -0.3 is 10.1 Å². The molecule has 8 heteroatoms. The van der Waals surface area contributed by atoms with Crippen LogP contribution in [0.1, 0.15) is 24.0 Å². The first-order valence-electron chi connectivity index (χ1n) is 9.10. The van der Waals surface area contributed by atoms with Gasteiger partial charge in [-0.15, -0.1) is 0 Å². The van der Waals surface area contributed by atoms with Crippen LogP contribution < -0.4 is 5.32 Å². The lowest BCUT2D eigenvalue weighted by Crippen LogP contribution is -2.47. The summed E-state index contributed by atoms with van der Waals surface area (Å²) in [7, 11) is 0. The van der Waals surface area contributed by atoms with Crippen molar-refractivity contribution in [2.45, 2.75) is 24.8 Å². The third-order valence-electron chi connectivity index (χ3n) is 5.12. The first-order valence-corrected chi connectivity index (χ1v) is 9.89. The maximum atomic E-state index is 13.3. The number of hydrogen-bond acceptors (Lipinski definition) is 5. The maximum Gasteiger partial charge on any atom is 0.231 e. The van der Waals surface area contributed by atoms with Gasteiger partial charge in [0.2, 0.25) is 5.91 Å². The standard InChI is InChI=1S/C20H20BrN5O2/c21-17-5-3-16(4-6-17)20(7-10-28-11-8-20)19(27)24-12-15-2-1-9-23-18(15)26-14-22-13-25-26/h1-6,9,13-14H,7-8,10-12H2,(H,24,27). The molecule has 0 saturated carbocycles. The van der Waals surface area contributed by atoms with E-state index < -0.39 is 5.41 Å². The molecule has 1 aliphatic rings. The Bertz CT molecular complexity index is 937. The van der Waals surface area contributed by atoms with E-state index >= 15 is 0 Å². The lowest BCUT2D eigenvalue weighted by molar-refractivity contribution is -0.130. The van der Waals surface area contributed by atoms with E-state index in [9.17, 15) is 4.79 Å². The number of nitrogens with zero attached hydrogens (tertiary/aromatic N) is 4. The van der Waals surface area contributed by atoms with Crippen LogP contribution in [-0.4, -0.2) is 38.9 Å². The number of hydrogen-bond donors (Lipinski definition) is 1. The normalized spacial score (nSPS) is 15.9. The minimum Gasteiger partial charge on any atom is -0.381 e. The van der Waals surface area contributed by atoms with Gasteiger partial charge in [-0.3, -0.25) is 4.79 Å². The van der Waals surface area contributed by atoms with Crippen LogP contribution >= 0.6 is 15.9 Å². The fraction of sp³-hybridized carbons (Fsp3) is 0.300. The Balaban J connectivity index is 1.57. The zero-order valence-electron chi connectivity index (χ0n) is 15.2. The van der Waals surface area contributed by atoms with E-state index in [-0.39, 0.29) is 5.91 Å². The van der Waals surface area contributed by atoms with Crippen LogP contribution in [0.4, 0.5) is 0 Å². The van der Waals surface area contributed by atoms with Gasteiger partial charge in [-0.1, -0.05) is 34.1 Å². The molecule has 1 aliphatic heterocycles. The molecule has 0 spiro atoms. The van der Waals surface area contributed by atoms with E-state index in [1.54, 1.807) is 17.2 Å². The van der Waals surface area contributed by atoms with Crippen LogP contribution in [0.3, 0.4) is 0 Å². The number of aromatic nitrogens is 4. The van der Waals surface area contributed by atoms with Crippen LogP contribution in [0.25, 0.3) is 5.82 Å². The van der Waals surface area contributed by atoms with Gasteiger partial charge in [0.25, 0.3) is 0 Å². The van der Waals surface area contributed by atoms with Crippen molar-refractivity contribution in [3.05, 3.63) is 70.8 Å². The molecule has 4 rings (SSSR count). The van der Waals surface area contributed by atoms with Gasteiger partial charge >= 0.3 is 0 Å². The number of nitrogens with one attached hydrogen (secondary N) is 1. The summed E-state index contributed by atoms with van der Waals surface area (Å²) in [4.78, 5) is 21.7. The Morgan fingerprint density at radius 1 is 1.21 bits per heavy atom. The topological polar surface area (TPSA) is 81.9 Å². The fourth-order valence-corrected chi connectivity index (χ4v) is 3.84. The van der Waals surface area contributed by atoms with Crippen molar-refractivity contribution in [3.63, 3.8) is 0 Å². The zero-order chi connectivity index (χ0) is 19.4. The summed E-state index contributed by atoms with van der Waals surface area (Å²) in [5.74, 6) is 0.663. The predicted molar refractivity (Wildman–Crippen MR) is 107 cm³/mol. The van der Waals surface area contributed by atoms with Gasteiger partial charge in [0.15, 0.2) is 5.82 Å². The highest BCUT2D eigenvalue weighted by atomic mass is 79.9. The van der Waals surface area contributed by atoms with Crippen LogP contribution in [0.15, 0.2) is 59.7 Å². The number of amides is 1. The predicted octanol–water partition coefficient (Wildman–Crippen LogP) is 2.79. The lowest BCUT2D eigenvalue weighted by atomic mass is 9.73. The first-order chi connectivity index (χ1) is 13.7. The molecule has 1 saturated heterocycles. The molecule has 0 aliphatic carbocycles. The van der Waals surface area contributed by atoms with Crippen molar-refractivity contribution in [1.82, 2.24) is 25.1 Å². The number of halogens is 1. The lowest BCUT2D eigenvalue weighted by Gasteiger charge is -2.36. The number of carbonyl (C=O) groups excluding carboxylic acids is 1. The van der Waals surface area contributed by atoms with Gasteiger partial charge in [0, 0.05) is 36.0 Å². The highest BCUT2D eigenvalue weighted by molar-refractivity contribution is 9.10. The second-order valence-electron chi connectivity index (χ2n) is 6.71. The van der Waals surface area contributed by atoms with Gasteiger partial charge in [0.1, 0.15) is 12.7 Å². The quantitative estimate of drug-likeness (QED) is 0.657. The molecule has 1 aromatic carbocycles. The van der Waals surface area contributed by atoms with Crippen LogP contribution in [0.5, 0.6) is 0 Å². The Labute approximate surface area is 171 Å². The SMILES string of the molecule is O=C(NCc1cccnc1-n1cncn1)C1(c2ccc(Br)cc2)CCOCC1. The van der Waals surface area contributed by atoms with Gasteiger partial charge in [-0.2, -0.15) is 5.10 Å². The monoisotopic (exact) mass is 441 g/mol. The van der Waals surface area contributed by atoms with Crippen molar-refractivity contribution in [2.24, 2.45) is 0 Å². The van der Waals surface area contributed by atoms with Crippen molar-refractivity contribution in [3.8, 4) is 5.82 Å².